The van der Waals surface area contributed by atoms with E-state index in [2.05, 4.69) is 16.0 Å². The van der Waals surface area contributed by atoms with Gasteiger partial charge < -0.3 is 81.2 Å². The zero-order valence-corrected chi connectivity index (χ0v) is 30.8. The lowest BCUT2D eigenvalue weighted by molar-refractivity contribution is -0.140. The molecular formula is C34H57N9O13. The van der Waals surface area contributed by atoms with Crippen LogP contribution in [0.4, 0.5) is 0 Å². The number of carbonyl (C=O) groups is 6. The molecule has 56 heavy (non-hydrogen) atoms. The Bertz CT molecular complexity index is 1370. The molecule has 1 aliphatic rings. The highest BCUT2D eigenvalue weighted by atomic mass is 16.4. The van der Waals surface area contributed by atoms with Crippen LogP contribution in [-0.2, 0) is 41.6 Å². The molecule has 1 heterocycles. The molecule has 1 aliphatic heterocycles. The summed E-state index contributed by atoms with van der Waals surface area (Å²) in [5.74, 6) is -5.77. The van der Waals surface area contributed by atoms with Gasteiger partial charge in [-0.2, -0.15) is 0 Å². The molecule has 0 aromatic heterocycles. The number of aliphatic hydroxyl groups is 1. The van der Waals surface area contributed by atoms with Crippen molar-refractivity contribution in [1.29, 1.82) is 0 Å². The summed E-state index contributed by atoms with van der Waals surface area (Å²) in [7, 11) is 0. The summed E-state index contributed by atoms with van der Waals surface area (Å²) in [5.41, 5.74) is 37.3. The first-order chi connectivity index (χ1) is 26.2. The molecule has 22 N–H and O–H groups in total. The molecule has 1 fully saturated rings. The van der Waals surface area contributed by atoms with Gasteiger partial charge in [-0.25, -0.2) is 0 Å². The highest BCUT2D eigenvalue weighted by Crippen LogP contribution is 2.04. The van der Waals surface area contributed by atoms with Crippen molar-refractivity contribution in [2.45, 2.75) is 68.7 Å². The van der Waals surface area contributed by atoms with Crippen molar-refractivity contribution in [3.05, 3.63) is 71.8 Å². The summed E-state index contributed by atoms with van der Waals surface area (Å²) < 4.78 is 0. The number of aliphatic carboxylic acids is 6. The summed E-state index contributed by atoms with van der Waals surface area (Å²) in [6, 6.07) is 14.9. The van der Waals surface area contributed by atoms with Crippen molar-refractivity contribution in [3.8, 4) is 0 Å². The second-order valence-electron chi connectivity index (χ2n) is 11.4. The van der Waals surface area contributed by atoms with E-state index in [9.17, 15) is 28.8 Å². The molecule has 3 rings (SSSR count). The molecule has 22 nitrogen and oxygen atoms in total. The topological polar surface area (TPSA) is 451 Å². The van der Waals surface area contributed by atoms with Crippen LogP contribution in [0.25, 0.3) is 0 Å². The van der Waals surface area contributed by atoms with Crippen LogP contribution in [0.3, 0.4) is 0 Å². The largest absolute Gasteiger partial charge is 0.480 e. The Morgan fingerprint density at radius 2 is 1.07 bits per heavy atom. The van der Waals surface area contributed by atoms with Crippen molar-refractivity contribution < 1.29 is 64.5 Å². The van der Waals surface area contributed by atoms with Gasteiger partial charge in [0.05, 0.1) is 13.2 Å². The molecule has 2 aromatic rings. The third kappa shape index (κ3) is 34.0. The fourth-order valence-electron chi connectivity index (χ4n) is 3.53. The Morgan fingerprint density at radius 1 is 0.679 bits per heavy atom. The average Bonchev–Trinajstić information content (AvgIpc) is 3.71. The number of hydrogen-bond donors (Lipinski definition) is 15. The summed E-state index contributed by atoms with van der Waals surface area (Å²) in [4.78, 5) is 63.7. The van der Waals surface area contributed by atoms with E-state index in [1.165, 1.54) is 0 Å². The fourth-order valence-corrected chi connectivity index (χ4v) is 3.53. The number of guanidine groups is 1. The van der Waals surface area contributed by atoms with Gasteiger partial charge >= 0.3 is 35.8 Å². The van der Waals surface area contributed by atoms with Crippen LogP contribution >= 0.6 is 0 Å². The van der Waals surface area contributed by atoms with Gasteiger partial charge in [0.2, 0.25) is 0 Å². The minimum absolute atomic E-state index is 0.0129. The molecular weight excluding hydrogens is 742 g/mol. The van der Waals surface area contributed by atoms with Crippen molar-refractivity contribution in [3.63, 3.8) is 0 Å². The standard InChI is InChI=1S/2C9H11NO2.C6H14N4O2.C5H9NO2.C3H7NO3.C2H5NO2/c2*10-8(9(11)12)6-7-4-2-1-3-5-7;7-4(5(11)12)2-1-3-10-6(8)9;7-5(8)4-2-1-3-6-4;4-2(1-5)3(6)7;3-1-2(4)5/h2*1-5,8H,6,10H2,(H,11,12);4H,1-3,7H2,(H,11,12)(H4,8,9,10);4,6H,1-3H2,(H,7,8);2,5H,1,4H2,(H,6,7);1,3H2,(H,4,5)/t2*8-;2*4-;2-;/m00000./s1. The van der Waals surface area contributed by atoms with Gasteiger partial charge in [0.25, 0.3) is 0 Å². The average molecular weight is 800 g/mol. The van der Waals surface area contributed by atoms with Gasteiger partial charge in [-0.05, 0) is 56.2 Å². The monoisotopic (exact) mass is 799 g/mol. The van der Waals surface area contributed by atoms with E-state index in [1.54, 1.807) is 0 Å². The second kappa shape index (κ2) is 33.8. The third-order valence-corrected chi connectivity index (χ3v) is 6.56. The molecule has 5 atom stereocenters. The molecule has 0 spiro atoms. The molecule has 0 radical (unpaired) electrons. The Hall–Kier alpha value is -5.75. The first-order valence-corrected chi connectivity index (χ1v) is 16.8. The number of nitrogens with zero attached hydrogens (tertiary/aromatic N) is 1. The number of carboxylic acid groups (broad SMARTS) is 6. The molecule has 22 heteroatoms. The summed E-state index contributed by atoms with van der Waals surface area (Å²) >= 11 is 0. The second-order valence-corrected chi connectivity index (χ2v) is 11.4. The van der Waals surface area contributed by atoms with E-state index in [0.29, 0.717) is 32.2 Å². The minimum atomic E-state index is -1.18. The van der Waals surface area contributed by atoms with E-state index < -0.39 is 66.6 Å². The number of aliphatic imine (C=N–C) groups is 1. The first-order valence-electron chi connectivity index (χ1n) is 16.8. The fraction of sp³-hybridized carbons (Fsp3) is 0.441. The molecule has 0 amide bonds. The number of nitrogens with one attached hydrogen (secondary N) is 1. The van der Waals surface area contributed by atoms with Gasteiger partial charge in [-0.3, -0.25) is 33.8 Å². The predicted molar refractivity (Wildman–Crippen MR) is 205 cm³/mol. The van der Waals surface area contributed by atoms with E-state index in [-0.39, 0.29) is 18.5 Å². The van der Waals surface area contributed by atoms with Crippen molar-refractivity contribution in [1.82, 2.24) is 5.32 Å². The Labute approximate surface area is 323 Å². The highest BCUT2D eigenvalue weighted by Gasteiger charge is 2.20. The highest BCUT2D eigenvalue weighted by molar-refractivity contribution is 5.76. The zero-order valence-electron chi connectivity index (χ0n) is 30.8. The van der Waals surface area contributed by atoms with Crippen LogP contribution in [0.5, 0.6) is 0 Å². The van der Waals surface area contributed by atoms with Crippen LogP contribution in [0.1, 0.15) is 36.8 Å². The summed E-state index contributed by atoms with van der Waals surface area (Å²) in [5, 5.41) is 60.1. The summed E-state index contributed by atoms with van der Waals surface area (Å²) in [6.07, 6.45) is 3.51. The maximum absolute atomic E-state index is 10.4. The van der Waals surface area contributed by atoms with E-state index >= 15 is 0 Å². The van der Waals surface area contributed by atoms with Crippen molar-refractivity contribution in [2.24, 2.45) is 45.1 Å². The Morgan fingerprint density at radius 3 is 1.30 bits per heavy atom. The minimum Gasteiger partial charge on any atom is -0.480 e. The van der Waals surface area contributed by atoms with Gasteiger partial charge in [0.15, 0.2) is 5.96 Å². The number of aliphatic hydroxyl groups excluding tert-OH is 1. The van der Waals surface area contributed by atoms with Crippen LogP contribution in [0, 0.1) is 0 Å². The quantitative estimate of drug-likeness (QED) is 0.0484. The van der Waals surface area contributed by atoms with Crippen molar-refractivity contribution in [2.75, 3.05) is 26.2 Å². The van der Waals surface area contributed by atoms with Crippen molar-refractivity contribution >= 4 is 41.8 Å². The number of nitrogens with two attached hydrogens (primary N) is 7. The van der Waals surface area contributed by atoms with Gasteiger partial charge in [-0.15, -0.1) is 0 Å². The number of hydrogen-bond acceptors (Lipinski definition) is 14. The normalized spacial score (nSPS) is 14.3. The maximum atomic E-state index is 10.4. The Balaban J connectivity index is -0.000000616. The lowest BCUT2D eigenvalue weighted by Crippen LogP contribution is -2.33. The van der Waals surface area contributed by atoms with E-state index in [4.69, 9.17) is 70.1 Å². The smallest absolute Gasteiger partial charge is 0.322 e. The van der Waals surface area contributed by atoms with Gasteiger partial charge in [0, 0.05) is 6.54 Å². The molecule has 316 valence electrons. The van der Waals surface area contributed by atoms with Crippen LogP contribution in [0.15, 0.2) is 65.7 Å². The SMILES string of the molecule is NC(N)=NCCC[C@H](N)C(=O)O.NCC(=O)O.N[C@@H](CO)C(=O)O.N[C@@H](Cc1ccccc1)C(=O)O.N[C@@H](Cc1ccccc1)C(=O)O.O=C(O)[C@@H]1CCCN1. The van der Waals surface area contributed by atoms with E-state index in [0.717, 1.165) is 30.5 Å². The van der Waals surface area contributed by atoms with Crippen LogP contribution < -0.4 is 45.5 Å². The van der Waals surface area contributed by atoms with Gasteiger partial charge in [-0.1, -0.05) is 60.7 Å². The first kappa shape index (κ1) is 54.6. The molecule has 0 bridgehead atoms. The predicted octanol–water partition coefficient (Wildman–Crippen LogP) is -3.02. The molecule has 1 saturated heterocycles. The maximum Gasteiger partial charge on any atom is 0.322 e. The van der Waals surface area contributed by atoms with Gasteiger partial charge in [0.1, 0.15) is 30.2 Å². The summed E-state index contributed by atoms with van der Waals surface area (Å²) in [6.45, 7) is 0.496. The number of rotatable bonds is 15. The lowest BCUT2D eigenvalue weighted by atomic mass is 10.1. The molecule has 2 aromatic carbocycles. The Kier molecular flexibility index (Phi) is 32.9. The lowest BCUT2D eigenvalue weighted by Gasteiger charge is -2.04. The molecule has 0 saturated carbocycles. The number of benzene rings is 2. The third-order valence-electron chi connectivity index (χ3n) is 6.56. The zero-order chi connectivity index (χ0) is 43.6. The molecule has 0 unspecified atom stereocenters. The van der Waals surface area contributed by atoms with Crippen LogP contribution in [-0.4, -0.2) is 134 Å². The van der Waals surface area contributed by atoms with E-state index in [1.807, 2.05) is 60.7 Å². The number of carboxylic acids is 6. The van der Waals surface area contributed by atoms with Crippen LogP contribution in [0.2, 0.25) is 0 Å². The molecule has 0 aliphatic carbocycles.